The van der Waals surface area contributed by atoms with Crippen molar-refractivity contribution in [2.24, 2.45) is 0 Å². The van der Waals surface area contributed by atoms with Gasteiger partial charge in [0.2, 0.25) is 17.8 Å². The van der Waals surface area contributed by atoms with Crippen LogP contribution in [0.2, 0.25) is 0 Å². The first-order valence-electron chi connectivity index (χ1n) is 15.5. The molecule has 10 heteroatoms. The Morgan fingerprint density at radius 3 is 1.12 bits per heavy atom. The Morgan fingerprint density at radius 2 is 0.755 bits per heavy atom. The van der Waals surface area contributed by atoms with Crippen LogP contribution in [0.3, 0.4) is 0 Å². The standard InChI is InChI=1S/C39H32N8O2/c40-27-11-19-33(20-12-27)48-35-23-15-29(16-24-35)42-37-44-38(43-30-17-25-36(26-18-30)49-34-21-13-28(41)14-22-34)46-39(45-37)47(31-7-3-1-4-8-31)32-9-5-2-6-10-32/h1-26H,40-41H2,(H2,42,43,44,45,46). The second-order valence-electron chi connectivity index (χ2n) is 10.9. The van der Waals surface area contributed by atoms with Crippen molar-refractivity contribution in [3.63, 3.8) is 0 Å². The zero-order valence-electron chi connectivity index (χ0n) is 26.3. The Labute approximate surface area is 283 Å². The highest BCUT2D eigenvalue weighted by Gasteiger charge is 2.18. The Morgan fingerprint density at radius 1 is 0.408 bits per heavy atom. The summed E-state index contributed by atoms with van der Waals surface area (Å²) < 4.78 is 11.9. The molecular formula is C39H32N8O2. The lowest BCUT2D eigenvalue weighted by Gasteiger charge is -2.24. The molecule has 0 saturated heterocycles. The molecule has 0 bridgehead atoms. The monoisotopic (exact) mass is 644 g/mol. The van der Waals surface area contributed by atoms with Crippen LogP contribution >= 0.6 is 0 Å². The average Bonchev–Trinajstić information content (AvgIpc) is 3.13. The number of ether oxygens (including phenoxy) is 2. The maximum absolute atomic E-state index is 5.96. The molecule has 0 fully saturated rings. The minimum absolute atomic E-state index is 0.347. The fourth-order valence-electron chi connectivity index (χ4n) is 4.93. The molecule has 0 aliphatic carbocycles. The summed E-state index contributed by atoms with van der Waals surface area (Å²) in [5.41, 5.74) is 16.3. The number of benzene rings is 6. The normalized spacial score (nSPS) is 10.6. The van der Waals surface area contributed by atoms with Crippen molar-refractivity contribution >= 4 is 52.0 Å². The van der Waals surface area contributed by atoms with Crippen LogP contribution in [-0.2, 0) is 0 Å². The highest BCUT2D eigenvalue weighted by Crippen LogP contribution is 2.34. The predicted molar refractivity (Wildman–Crippen MR) is 196 cm³/mol. The molecule has 7 rings (SSSR count). The van der Waals surface area contributed by atoms with E-state index in [0.717, 1.165) is 22.7 Å². The summed E-state index contributed by atoms with van der Waals surface area (Å²) in [6.45, 7) is 0. The molecule has 0 amide bonds. The fourth-order valence-corrected chi connectivity index (χ4v) is 4.93. The van der Waals surface area contributed by atoms with Gasteiger partial charge < -0.3 is 31.6 Å². The molecule has 7 aromatic rings. The molecule has 6 N–H and O–H groups in total. The van der Waals surface area contributed by atoms with Crippen LogP contribution < -0.4 is 36.5 Å². The highest BCUT2D eigenvalue weighted by molar-refractivity contribution is 5.74. The minimum atomic E-state index is 0.347. The summed E-state index contributed by atoms with van der Waals surface area (Å²) in [6, 6.07) is 49.5. The van der Waals surface area contributed by atoms with Gasteiger partial charge >= 0.3 is 0 Å². The van der Waals surface area contributed by atoms with Gasteiger partial charge in [0.05, 0.1) is 0 Å². The van der Waals surface area contributed by atoms with E-state index in [4.69, 9.17) is 35.9 Å². The van der Waals surface area contributed by atoms with Crippen molar-refractivity contribution in [2.45, 2.75) is 0 Å². The first kappa shape index (κ1) is 30.6. The second-order valence-corrected chi connectivity index (χ2v) is 10.9. The minimum Gasteiger partial charge on any atom is -0.457 e. The summed E-state index contributed by atoms with van der Waals surface area (Å²) in [5.74, 6) is 3.86. The lowest BCUT2D eigenvalue weighted by Crippen LogP contribution is -2.16. The van der Waals surface area contributed by atoms with E-state index < -0.39 is 0 Å². The van der Waals surface area contributed by atoms with E-state index >= 15 is 0 Å². The summed E-state index contributed by atoms with van der Waals surface area (Å²) >= 11 is 0. The van der Waals surface area contributed by atoms with Gasteiger partial charge in [-0.2, -0.15) is 15.0 Å². The molecule has 240 valence electrons. The quantitative estimate of drug-likeness (QED) is 0.101. The van der Waals surface area contributed by atoms with Crippen LogP contribution in [0.4, 0.5) is 52.0 Å². The van der Waals surface area contributed by atoms with Crippen LogP contribution in [0.1, 0.15) is 0 Å². The fraction of sp³-hybridized carbons (Fsp3) is 0. The second kappa shape index (κ2) is 14.1. The van der Waals surface area contributed by atoms with E-state index in [1.54, 1.807) is 24.3 Å². The van der Waals surface area contributed by atoms with E-state index in [2.05, 4.69) is 10.6 Å². The number of nitrogens with two attached hydrogens (primary N) is 2. The number of aromatic nitrogens is 3. The van der Waals surface area contributed by atoms with Crippen molar-refractivity contribution in [2.75, 3.05) is 27.0 Å². The van der Waals surface area contributed by atoms with Gasteiger partial charge in [-0.15, -0.1) is 0 Å². The molecule has 6 aromatic carbocycles. The number of hydrogen-bond donors (Lipinski definition) is 4. The van der Waals surface area contributed by atoms with E-state index in [-0.39, 0.29) is 0 Å². The highest BCUT2D eigenvalue weighted by atomic mass is 16.5. The van der Waals surface area contributed by atoms with Gasteiger partial charge in [0.25, 0.3) is 0 Å². The Hall–Kier alpha value is -7.07. The summed E-state index contributed by atoms with van der Waals surface area (Å²) in [5, 5.41) is 6.67. The number of nitrogen functional groups attached to an aromatic ring is 2. The largest absolute Gasteiger partial charge is 0.457 e. The molecule has 0 saturated carbocycles. The van der Waals surface area contributed by atoms with Gasteiger partial charge in [-0.25, -0.2) is 0 Å². The lowest BCUT2D eigenvalue weighted by molar-refractivity contribution is 0.482. The van der Waals surface area contributed by atoms with E-state index in [1.807, 2.05) is 138 Å². The van der Waals surface area contributed by atoms with E-state index in [9.17, 15) is 0 Å². The molecular weight excluding hydrogens is 612 g/mol. The zero-order valence-corrected chi connectivity index (χ0v) is 26.3. The topological polar surface area (TPSA) is 136 Å². The van der Waals surface area contributed by atoms with Crippen LogP contribution in [0.15, 0.2) is 158 Å². The van der Waals surface area contributed by atoms with Gasteiger partial charge in [0, 0.05) is 34.1 Å². The molecule has 1 heterocycles. The third-order valence-corrected chi connectivity index (χ3v) is 7.30. The third-order valence-electron chi connectivity index (χ3n) is 7.30. The van der Waals surface area contributed by atoms with E-state index in [1.165, 1.54) is 0 Å². The molecule has 0 aliphatic rings. The Balaban J connectivity index is 1.18. The molecule has 0 atom stereocenters. The Bertz CT molecular complexity index is 1960. The summed E-state index contributed by atoms with van der Waals surface area (Å²) in [7, 11) is 0. The lowest BCUT2D eigenvalue weighted by atomic mass is 10.2. The SMILES string of the molecule is Nc1ccc(Oc2ccc(Nc3nc(Nc4ccc(Oc5ccc(N)cc5)cc4)nc(N(c4ccccc4)c4ccccc4)n3)cc2)cc1. The van der Waals surface area contributed by atoms with Gasteiger partial charge in [0.1, 0.15) is 23.0 Å². The molecule has 10 nitrogen and oxygen atoms in total. The molecule has 0 unspecified atom stereocenters. The smallest absolute Gasteiger partial charge is 0.241 e. The molecule has 49 heavy (non-hydrogen) atoms. The van der Waals surface area contributed by atoms with Gasteiger partial charge in [-0.1, -0.05) is 36.4 Å². The molecule has 0 spiro atoms. The van der Waals surface area contributed by atoms with Crippen molar-refractivity contribution in [3.8, 4) is 23.0 Å². The Kier molecular flexibility index (Phi) is 8.82. The summed E-state index contributed by atoms with van der Waals surface area (Å²) in [4.78, 5) is 16.4. The number of nitrogens with zero attached hydrogens (tertiary/aromatic N) is 4. The first-order chi connectivity index (χ1) is 24.0. The first-order valence-corrected chi connectivity index (χ1v) is 15.5. The van der Waals surface area contributed by atoms with Crippen LogP contribution in [-0.4, -0.2) is 15.0 Å². The third kappa shape index (κ3) is 7.84. The molecule has 0 aliphatic heterocycles. The average molecular weight is 645 g/mol. The van der Waals surface area contributed by atoms with Crippen molar-refractivity contribution in [3.05, 3.63) is 158 Å². The van der Waals surface area contributed by atoms with E-state index in [0.29, 0.717) is 52.2 Å². The molecule has 0 radical (unpaired) electrons. The van der Waals surface area contributed by atoms with Gasteiger partial charge in [0.15, 0.2) is 0 Å². The van der Waals surface area contributed by atoms with Crippen molar-refractivity contribution in [1.82, 2.24) is 15.0 Å². The van der Waals surface area contributed by atoms with Crippen molar-refractivity contribution < 1.29 is 9.47 Å². The van der Waals surface area contributed by atoms with Crippen LogP contribution in [0, 0.1) is 0 Å². The number of nitrogens with one attached hydrogen (secondary N) is 2. The summed E-state index contributed by atoms with van der Waals surface area (Å²) in [6.07, 6.45) is 0. The predicted octanol–water partition coefficient (Wildman–Crippen LogP) is 9.58. The number of anilines is 9. The maximum Gasteiger partial charge on any atom is 0.241 e. The number of rotatable bonds is 11. The number of para-hydroxylation sites is 2. The number of hydrogen-bond acceptors (Lipinski definition) is 10. The molecule has 1 aromatic heterocycles. The van der Waals surface area contributed by atoms with Crippen molar-refractivity contribution in [1.29, 1.82) is 0 Å². The zero-order chi connectivity index (χ0) is 33.4. The van der Waals surface area contributed by atoms with Gasteiger partial charge in [-0.3, -0.25) is 4.90 Å². The van der Waals surface area contributed by atoms with Crippen LogP contribution in [0.25, 0.3) is 0 Å². The van der Waals surface area contributed by atoms with Crippen LogP contribution in [0.5, 0.6) is 23.0 Å². The maximum atomic E-state index is 5.96. The van der Waals surface area contributed by atoms with Gasteiger partial charge in [-0.05, 0) is 121 Å².